The van der Waals surface area contributed by atoms with Crippen molar-refractivity contribution >= 4 is 34.3 Å². The van der Waals surface area contributed by atoms with E-state index in [-0.39, 0.29) is 5.91 Å². The monoisotopic (exact) mass is 394 g/mol. The molecule has 6 heteroatoms. The van der Waals surface area contributed by atoms with Crippen LogP contribution in [0.15, 0.2) is 47.5 Å². The number of anilines is 1. The van der Waals surface area contributed by atoms with Crippen LogP contribution in [0.25, 0.3) is 10.9 Å². The number of aromatic nitrogens is 1. The van der Waals surface area contributed by atoms with E-state index in [2.05, 4.69) is 43.4 Å². The van der Waals surface area contributed by atoms with E-state index < -0.39 is 0 Å². The zero-order valence-electron chi connectivity index (χ0n) is 16.0. The number of nitrogens with one attached hydrogen (secondary N) is 1. The highest BCUT2D eigenvalue weighted by Gasteiger charge is 2.14. The summed E-state index contributed by atoms with van der Waals surface area (Å²) in [6, 6.07) is 13.9. The van der Waals surface area contributed by atoms with Crippen LogP contribution in [0.5, 0.6) is 11.5 Å². The van der Waals surface area contributed by atoms with Gasteiger partial charge in [-0.3, -0.25) is 4.79 Å². The number of carbonyl (C=O) groups excluding carboxylic acids is 1. The highest BCUT2D eigenvalue weighted by molar-refractivity contribution is 8.00. The van der Waals surface area contributed by atoms with E-state index in [1.165, 1.54) is 17.3 Å². The molecule has 0 atom stereocenters. The fraction of sp³-hybridized carbons (Fsp3) is 0.273. The molecule has 144 valence electrons. The molecule has 2 heterocycles. The van der Waals surface area contributed by atoms with Crippen LogP contribution in [0.1, 0.15) is 18.1 Å². The Kier molecular flexibility index (Phi) is 5.39. The summed E-state index contributed by atoms with van der Waals surface area (Å²) in [4.78, 5) is 17.2. The summed E-state index contributed by atoms with van der Waals surface area (Å²) in [6.07, 6.45) is 0.878. The van der Waals surface area contributed by atoms with Crippen molar-refractivity contribution in [1.82, 2.24) is 4.98 Å². The highest BCUT2D eigenvalue weighted by Crippen LogP contribution is 2.33. The van der Waals surface area contributed by atoms with Gasteiger partial charge in [-0.2, -0.15) is 0 Å². The predicted octanol–water partition coefficient (Wildman–Crippen LogP) is 4.61. The van der Waals surface area contributed by atoms with Crippen LogP contribution in [-0.2, 0) is 11.2 Å². The predicted molar refractivity (Wildman–Crippen MR) is 113 cm³/mol. The van der Waals surface area contributed by atoms with E-state index in [4.69, 9.17) is 14.5 Å². The molecule has 1 aromatic heterocycles. The normalized spacial score (nSPS) is 12.8. The molecular formula is C22H22N2O3S. The molecule has 28 heavy (non-hydrogen) atoms. The summed E-state index contributed by atoms with van der Waals surface area (Å²) in [6.45, 7) is 5.24. The van der Waals surface area contributed by atoms with Crippen molar-refractivity contribution < 1.29 is 14.3 Å². The van der Waals surface area contributed by atoms with Crippen molar-refractivity contribution in [2.75, 3.05) is 24.3 Å². The van der Waals surface area contributed by atoms with Crippen molar-refractivity contribution in [2.45, 2.75) is 25.3 Å². The molecule has 0 bridgehead atoms. The Balaban J connectivity index is 1.45. The number of carbonyl (C=O) groups is 1. The average Bonchev–Trinajstić information content (AvgIpc) is 2.71. The molecule has 1 amide bonds. The Morgan fingerprint density at radius 1 is 1.11 bits per heavy atom. The van der Waals surface area contributed by atoms with Gasteiger partial charge < -0.3 is 14.8 Å². The van der Waals surface area contributed by atoms with Gasteiger partial charge in [0.15, 0.2) is 11.5 Å². The number of rotatable bonds is 5. The third-order valence-corrected chi connectivity index (χ3v) is 5.59. The molecule has 0 saturated heterocycles. The van der Waals surface area contributed by atoms with Gasteiger partial charge in [0.1, 0.15) is 18.2 Å². The van der Waals surface area contributed by atoms with Crippen molar-refractivity contribution in [3.63, 3.8) is 0 Å². The van der Waals surface area contributed by atoms with Crippen LogP contribution in [0.3, 0.4) is 0 Å². The first kappa shape index (κ1) is 18.6. The molecule has 5 nitrogen and oxygen atoms in total. The molecule has 0 spiro atoms. The zero-order chi connectivity index (χ0) is 19.5. The lowest BCUT2D eigenvalue weighted by Crippen LogP contribution is -2.17. The van der Waals surface area contributed by atoms with Crippen LogP contribution >= 0.6 is 11.8 Å². The molecule has 1 aliphatic heterocycles. The van der Waals surface area contributed by atoms with Gasteiger partial charge in [-0.15, -0.1) is 0 Å². The number of thioether (sulfide) groups is 1. The number of amides is 1. The fourth-order valence-corrected chi connectivity index (χ4v) is 4.03. The molecule has 4 rings (SSSR count). The van der Waals surface area contributed by atoms with Crippen LogP contribution in [0, 0.1) is 6.92 Å². The summed E-state index contributed by atoms with van der Waals surface area (Å²) in [5.41, 5.74) is 4.00. The van der Waals surface area contributed by atoms with E-state index in [1.807, 2.05) is 12.1 Å². The van der Waals surface area contributed by atoms with Gasteiger partial charge in [0, 0.05) is 17.1 Å². The first-order valence-corrected chi connectivity index (χ1v) is 10.3. The molecule has 0 unspecified atom stereocenters. The lowest BCUT2D eigenvalue weighted by molar-refractivity contribution is -0.113. The molecule has 1 N–H and O–H groups in total. The van der Waals surface area contributed by atoms with Gasteiger partial charge >= 0.3 is 0 Å². The SMILES string of the molecule is CCc1cc2ccc(C)cc2nc1SCC(=O)Nc1ccc2c(c1)OCCO2. The minimum Gasteiger partial charge on any atom is -0.486 e. The number of pyridine rings is 1. The summed E-state index contributed by atoms with van der Waals surface area (Å²) in [7, 11) is 0. The average molecular weight is 394 g/mol. The molecular weight excluding hydrogens is 372 g/mol. The molecule has 2 aromatic carbocycles. The second kappa shape index (κ2) is 8.10. The van der Waals surface area contributed by atoms with E-state index in [1.54, 1.807) is 6.07 Å². The first-order chi connectivity index (χ1) is 13.6. The maximum Gasteiger partial charge on any atom is 0.234 e. The van der Waals surface area contributed by atoms with Gasteiger partial charge in [-0.05, 0) is 48.7 Å². The van der Waals surface area contributed by atoms with Gasteiger partial charge in [0.2, 0.25) is 5.91 Å². The summed E-state index contributed by atoms with van der Waals surface area (Å²) in [5.74, 6) is 1.60. The van der Waals surface area contributed by atoms with Crippen LogP contribution < -0.4 is 14.8 Å². The lowest BCUT2D eigenvalue weighted by atomic mass is 10.1. The third-order valence-electron chi connectivity index (χ3n) is 4.56. The minimum absolute atomic E-state index is 0.0742. The fourth-order valence-electron chi connectivity index (χ4n) is 3.13. The summed E-state index contributed by atoms with van der Waals surface area (Å²) in [5, 5.41) is 4.97. The van der Waals surface area contributed by atoms with Crippen molar-refractivity contribution in [1.29, 1.82) is 0 Å². The quantitative estimate of drug-likeness (QED) is 0.641. The highest BCUT2D eigenvalue weighted by atomic mass is 32.2. The number of ether oxygens (including phenoxy) is 2. The van der Waals surface area contributed by atoms with E-state index in [9.17, 15) is 4.79 Å². The van der Waals surface area contributed by atoms with E-state index in [0.717, 1.165) is 27.9 Å². The topological polar surface area (TPSA) is 60.5 Å². The molecule has 3 aromatic rings. The number of hydrogen-bond acceptors (Lipinski definition) is 5. The summed E-state index contributed by atoms with van der Waals surface area (Å²) >= 11 is 1.47. The Morgan fingerprint density at radius 2 is 1.93 bits per heavy atom. The molecule has 0 saturated carbocycles. The maximum absolute atomic E-state index is 12.4. The van der Waals surface area contributed by atoms with Gasteiger partial charge in [0.05, 0.1) is 11.3 Å². The maximum atomic E-state index is 12.4. The van der Waals surface area contributed by atoms with Crippen LogP contribution in [0.2, 0.25) is 0 Å². The largest absolute Gasteiger partial charge is 0.486 e. The second-order valence-corrected chi connectivity index (χ2v) is 7.66. The second-order valence-electron chi connectivity index (χ2n) is 6.70. The molecule has 0 aliphatic carbocycles. The Bertz CT molecular complexity index is 1040. The number of fused-ring (bicyclic) bond motifs is 2. The standard InChI is InChI=1S/C22H22N2O3S/c1-3-15-11-16-5-4-14(2)10-18(16)24-22(15)28-13-21(25)23-17-6-7-19-20(12-17)27-9-8-26-19/h4-7,10-12H,3,8-9,13H2,1-2H3,(H,23,25). The van der Waals surface area contributed by atoms with Crippen LogP contribution in [0.4, 0.5) is 5.69 Å². The molecule has 0 fully saturated rings. The zero-order valence-corrected chi connectivity index (χ0v) is 16.8. The molecule has 1 aliphatic rings. The number of aryl methyl sites for hydroxylation is 2. The third kappa shape index (κ3) is 4.07. The number of hydrogen-bond donors (Lipinski definition) is 1. The first-order valence-electron chi connectivity index (χ1n) is 9.35. The molecule has 0 radical (unpaired) electrons. The van der Waals surface area contributed by atoms with Crippen molar-refractivity contribution in [3.8, 4) is 11.5 Å². The Morgan fingerprint density at radius 3 is 2.75 bits per heavy atom. The Hall–Kier alpha value is -2.73. The van der Waals surface area contributed by atoms with Crippen molar-refractivity contribution in [2.24, 2.45) is 0 Å². The van der Waals surface area contributed by atoms with E-state index >= 15 is 0 Å². The van der Waals surface area contributed by atoms with Crippen LogP contribution in [-0.4, -0.2) is 29.9 Å². The van der Waals surface area contributed by atoms with E-state index in [0.29, 0.717) is 36.2 Å². The van der Waals surface area contributed by atoms with Gasteiger partial charge in [0.25, 0.3) is 0 Å². The van der Waals surface area contributed by atoms with Crippen molar-refractivity contribution in [3.05, 3.63) is 53.6 Å². The lowest BCUT2D eigenvalue weighted by Gasteiger charge is -2.19. The minimum atomic E-state index is -0.0742. The Labute approximate surface area is 168 Å². The smallest absolute Gasteiger partial charge is 0.234 e. The number of benzene rings is 2. The number of nitrogens with zero attached hydrogens (tertiary/aromatic N) is 1. The van der Waals surface area contributed by atoms with Gasteiger partial charge in [-0.25, -0.2) is 4.98 Å². The summed E-state index contributed by atoms with van der Waals surface area (Å²) < 4.78 is 11.1. The van der Waals surface area contributed by atoms with Gasteiger partial charge in [-0.1, -0.05) is 30.8 Å².